The van der Waals surface area contributed by atoms with E-state index in [0.717, 1.165) is 5.56 Å². The lowest BCUT2D eigenvalue weighted by molar-refractivity contribution is -0.116. The molecule has 0 saturated heterocycles. The zero-order chi connectivity index (χ0) is 17.0. The fourth-order valence-corrected chi connectivity index (χ4v) is 2.56. The lowest BCUT2D eigenvalue weighted by Crippen LogP contribution is -2.13. The van der Waals surface area contributed by atoms with Gasteiger partial charge in [0.15, 0.2) is 0 Å². The number of ether oxygens (including phenoxy) is 2. The molecule has 0 radical (unpaired) electrons. The Bertz CT molecular complexity index is 696. The number of nitrogens with zero attached hydrogens (tertiary/aromatic N) is 1. The Morgan fingerprint density at radius 1 is 1.26 bits per heavy atom. The summed E-state index contributed by atoms with van der Waals surface area (Å²) in [6, 6.07) is 3.19. The van der Waals surface area contributed by atoms with Gasteiger partial charge in [0.25, 0.3) is 0 Å². The summed E-state index contributed by atoms with van der Waals surface area (Å²) in [6.45, 7) is 1.77. The van der Waals surface area contributed by atoms with Crippen LogP contribution in [-0.4, -0.2) is 25.3 Å². The molecule has 0 bridgehead atoms. The van der Waals surface area contributed by atoms with Gasteiger partial charge < -0.3 is 19.3 Å². The SMILES string of the molecule is COc1cc(OC)c(NC(=O)CCc2c(C)noc2Cl)cc1Cl. The number of benzene rings is 1. The molecule has 0 aliphatic rings. The molecule has 124 valence electrons. The van der Waals surface area contributed by atoms with Gasteiger partial charge in [0.2, 0.25) is 11.1 Å². The average Bonchev–Trinajstić information content (AvgIpc) is 2.84. The van der Waals surface area contributed by atoms with Crippen molar-refractivity contribution in [2.75, 3.05) is 19.5 Å². The molecular formula is C15H16Cl2N2O4. The zero-order valence-electron chi connectivity index (χ0n) is 12.9. The maximum absolute atomic E-state index is 12.1. The van der Waals surface area contributed by atoms with Crippen LogP contribution >= 0.6 is 23.2 Å². The molecule has 1 aromatic heterocycles. The van der Waals surface area contributed by atoms with Gasteiger partial charge in [-0.05, 0) is 31.0 Å². The highest BCUT2D eigenvalue weighted by Gasteiger charge is 2.15. The maximum atomic E-state index is 12.1. The summed E-state index contributed by atoms with van der Waals surface area (Å²) in [5, 5.41) is 7.09. The molecule has 1 amide bonds. The quantitative estimate of drug-likeness (QED) is 0.847. The predicted octanol–water partition coefficient (Wildman–Crippen LogP) is 3.88. The number of amides is 1. The molecule has 0 saturated carbocycles. The van der Waals surface area contributed by atoms with Crippen LogP contribution in [0.5, 0.6) is 11.5 Å². The van der Waals surface area contributed by atoms with E-state index < -0.39 is 0 Å². The van der Waals surface area contributed by atoms with Gasteiger partial charge in [0.1, 0.15) is 11.5 Å². The van der Waals surface area contributed by atoms with Crippen LogP contribution in [0.4, 0.5) is 5.69 Å². The summed E-state index contributed by atoms with van der Waals surface area (Å²) in [4.78, 5) is 12.1. The molecule has 0 aliphatic carbocycles. The van der Waals surface area contributed by atoms with Crippen LogP contribution in [-0.2, 0) is 11.2 Å². The molecule has 0 aliphatic heterocycles. The van der Waals surface area contributed by atoms with Crippen molar-refractivity contribution >= 4 is 34.8 Å². The first-order valence-corrected chi connectivity index (χ1v) is 7.53. The van der Waals surface area contributed by atoms with Crippen LogP contribution in [0.2, 0.25) is 10.2 Å². The summed E-state index contributed by atoms with van der Waals surface area (Å²) in [6.07, 6.45) is 0.640. The van der Waals surface area contributed by atoms with Crippen LogP contribution in [0.15, 0.2) is 16.7 Å². The monoisotopic (exact) mass is 358 g/mol. The second kappa shape index (κ2) is 7.57. The van der Waals surface area contributed by atoms with Crippen molar-refractivity contribution in [3.8, 4) is 11.5 Å². The van der Waals surface area contributed by atoms with E-state index in [1.54, 1.807) is 19.1 Å². The third-order valence-corrected chi connectivity index (χ3v) is 3.88. The minimum absolute atomic E-state index is 0.207. The number of aromatic nitrogens is 1. The van der Waals surface area contributed by atoms with Crippen molar-refractivity contribution in [1.29, 1.82) is 0 Å². The molecule has 6 nitrogen and oxygen atoms in total. The van der Waals surface area contributed by atoms with Gasteiger partial charge in [0, 0.05) is 18.1 Å². The summed E-state index contributed by atoms with van der Waals surface area (Å²) < 4.78 is 15.2. The van der Waals surface area contributed by atoms with E-state index in [1.165, 1.54) is 14.2 Å². The second-order valence-corrected chi connectivity index (χ2v) is 5.51. The van der Waals surface area contributed by atoms with E-state index in [0.29, 0.717) is 34.3 Å². The van der Waals surface area contributed by atoms with E-state index >= 15 is 0 Å². The first-order valence-electron chi connectivity index (χ1n) is 6.78. The van der Waals surface area contributed by atoms with E-state index in [4.69, 9.17) is 37.2 Å². The van der Waals surface area contributed by atoms with Crippen LogP contribution < -0.4 is 14.8 Å². The van der Waals surface area contributed by atoms with Crippen molar-refractivity contribution < 1.29 is 18.8 Å². The van der Waals surface area contributed by atoms with Gasteiger partial charge in [-0.25, -0.2) is 0 Å². The standard InChI is InChI=1S/C15H16Cl2N2O4/c1-8-9(15(17)23-19-8)4-5-14(20)18-11-6-10(16)12(21-2)7-13(11)22-3/h6-7H,4-5H2,1-3H3,(H,18,20). The fourth-order valence-electron chi connectivity index (χ4n) is 2.05. The van der Waals surface area contributed by atoms with Gasteiger partial charge in [-0.15, -0.1) is 0 Å². The summed E-state index contributed by atoms with van der Waals surface area (Å²) in [5.41, 5.74) is 1.87. The Morgan fingerprint density at radius 2 is 1.96 bits per heavy atom. The number of nitrogens with one attached hydrogen (secondary N) is 1. The Kier molecular flexibility index (Phi) is 5.74. The predicted molar refractivity (Wildman–Crippen MR) is 87.8 cm³/mol. The normalized spacial score (nSPS) is 10.5. The second-order valence-electron chi connectivity index (χ2n) is 4.76. The largest absolute Gasteiger partial charge is 0.495 e. The maximum Gasteiger partial charge on any atom is 0.229 e. The lowest BCUT2D eigenvalue weighted by atomic mass is 10.1. The molecule has 8 heteroatoms. The molecule has 23 heavy (non-hydrogen) atoms. The summed E-state index contributed by atoms with van der Waals surface area (Å²) in [7, 11) is 3.00. The average molecular weight is 359 g/mol. The number of rotatable bonds is 6. The minimum atomic E-state index is -0.207. The molecule has 2 rings (SSSR count). The van der Waals surface area contributed by atoms with Gasteiger partial charge in [-0.1, -0.05) is 16.8 Å². The van der Waals surface area contributed by atoms with Gasteiger partial charge >= 0.3 is 0 Å². The number of carbonyl (C=O) groups is 1. The van der Waals surface area contributed by atoms with Gasteiger partial charge in [-0.2, -0.15) is 0 Å². The van der Waals surface area contributed by atoms with Crippen molar-refractivity contribution in [1.82, 2.24) is 5.16 Å². The number of aryl methyl sites for hydroxylation is 1. The van der Waals surface area contributed by atoms with Crippen LogP contribution in [0.3, 0.4) is 0 Å². The van der Waals surface area contributed by atoms with Crippen molar-refractivity contribution in [3.05, 3.63) is 33.6 Å². The zero-order valence-corrected chi connectivity index (χ0v) is 14.4. The molecule has 0 fully saturated rings. The molecule has 1 heterocycles. The first-order chi connectivity index (χ1) is 11.0. The van der Waals surface area contributed by atoms with Crippen molar-refractivity contribution in [2.45, 2.75) is 19.8 Å². The molecular weight excluding hydrogens is 343 g/mol. The summed E-state index contributed by atoms with van der Waals surface area (Å²) >= 11 is 12.0. The highest BCUT2D eigenvalue weighted by atomic mass is 35.5. The number of hydrogen-bond donors (Lipinski definition) is 1. The number of halogens is 2. The third-order valence-electron chi connectivity index (χ3n) is 3.29. The molecule has 0 atom stereocenters. The third kappa shape index (κ3) is 4.09. The van der Waals surface area contributed by atoms with E-state index in [9.17, 15) is 4.79 Å². The van der Waals surface area contributed by atoms with E-state index in [1.807, 2.05) is 0 Å². The molecule has 2 aromatic rings. The van der Waals surface area contributed by atoms with Crippen LogP contribution in [0, 0.1) is 6.92 Å². The highest BCUT2D eigenvalue weighted by Crippen LogP contribution is 2.36. The fraction of sp³-hybridized carbons (Fsp3) is 0.333. The molecule has 0 spiro atoms. The number of methoxy groups -OCH3 is 2. The molecule has 0 unspecified atom stereocenters. The van der Waals surface area contributed by atoms with Crippen LogP contribution in [0.1, 0.15) is 17.7 Å². The Morgan fingerprint density at radius 3 is 2.52 bits per heavy atom. The highest BCUT2D eigenvalue weighted by molar-refractivity contribution is 6.32. The van der Waals surface area contributed by atoms with Gasteiger partial charge in [-0.3, -0.25) is 4.79 Å². The topological polar surface area (TPSA) is 73.6 Å². The number of hydrogen-bond acceptors (Lipinski definition) is 5. The summed E-state index contributed by atoms with van der Waals surface area (Å²) in [5.74, 6) is 0.716. The Hall–Kier alpha value is -1.92. The van der Waals surface area contributed by atoms with E-state index in [-0.39, 0.29) is 17.5 Å². The minimum Gasteiger partial charge on any atom is -0.495 e. The molecule has 1 aromatic carbocycles. The molecule has 1 N–H and O–H groups in total. The smallest absolute Gasteiger partial charge is 0.229 e. The van der Waals surface area contributed by atoms with Crippen molar-refractivity contribution in [2.24, 2.45) is 0 Å². The van der Waals surface area contributed by atoms with Gasteiger partial charge in [0.05, 0.1) is 30.6 Å². The van der Waals surface area contributed by atoms with Crippen LogP contribution in [0.25, 0.3) is 0 Å². The lowest BCUT2D eigenvalue weighted by Gasteiger charge is -2.13. The Labute approximate surface area is 143 Å². The van der Waals surface area contributed by atoms with Crippen molar-refractivity contribution in [3.63, 3.8) is 0 Å². The number of carbonyl (C=O) groups excluding carboxylic acids is 1. The first kappa shape index (κ1) is 17.4. The van der Waals surface area contributed by atoms with E-state index in [2.05, 4.69) is 10.5 Å². The Balaban J connectivity index is 2.07. The number of anilines is 1.